The minimum atomic E-state index is -0.526. The number of rotatable bonds is 7. The fraction of sp³-hybridized carbons (Fsp3) is 0.500. The number of ketones is 1. The SMILES string of the molecule is Cc1cc(C(=O)COC(=O)c2cc(C(C)C)nc3c2cnn3C(C)C)c(C)n1C1CC1. The second kappa shape index (κ2) is 7.94. The Morgan fingerprint density at radius 2 is 1.84 bits per heavy atom. The van der Waals surface area contributed by atoms with E-state index in [4.69, 9.17) is 9.72 Å². The molecule has 164 valence electrons. The summed E-state index contributed by atoms with van der Waals surface area (Å²) in [5, 5.41) is 5.05. The summed E-state index contributed by atoms with van der Waals surface area (Å²) in [4.78, 5) is 30.5. The van der Waals surface area contributed by atoms with Gasteiger partial charge in [-0.2, -0.15) is 5.10 Å². The zero-order valence-electron chi connectivity index (χ0n) is 19.1. The molecule has 3 aromatic rings. The van der Waals surface area contributed by atoms with Gasteiger partial charge in [0.15, 0.2) is 12.3 Å². The van der Waals surface area contributed by atoms with Crippen LogP contribution in [0.1, 0.15) is 96.3 Å². The number of aromatic nitrogens is 4. The van der Waals surface area contributed by atoms with E-state index in [9.17, 15) is 9.59 Å². The molecule has 0 aromatic carbocycles. The quantitative estimate of drug-likeness (QED) is 0.398. The van der Waals surface area contributed by atoms with E-state index in [2.05, 4.69) is 9.67 Å². The van der Waals surface area contributed by atoms with Gasteiger partial charge in [0.05, 0.1) is 17.1 Å². The largest absolute Gasteiger partial charge is 0.454 e. The molecule has 7 nitrogen and oxygen atoms in total. The molecule has 1 aliphatic rings. The Kier molecular flexibility index (Phi) is 5.45. The minimum absolute atomic E-state index is 0.111. The number of aryl methyl sites for hydroxylation is 1. The highest BCUT2D eigenvalue weighted by Crippen LogP contribution is 2.38. The summed E-state index contributed by atoms with van der Waals surface area (Å²) in [6, 6.07) is 4.27. The van der Waals surface area contributed by atoms with Gasteiger partial charge in [-0.1, -0.05) is 13.8 Å². The summed E-state index contributed by atoms with van der Waals surface area (Å²) in [6.07, 6.45) is 3.95. The van der Waals surface area contributed by atoms with Crippen LogP contribution in [0.15, 0.2) is 18.3 Å². The maximum Gasteiger partial charge on any atom is 0.339 e. The highest BCUT2D eigenvalue weighted by atomic mass is 16.5. The van der Waals surface area contributed by atoms with Crippen LogP contribution >= 0.6 is 0 Å². The van der Waals surface area contributed by atoms with Gasteiger partial charge in [-0.3, -0.25) is 4.79 Å². The van der Waals surface area contributed by atoms with Crippen LogP contribution < -0.4 is 0 Å². The van der Waals surface area contributed by atoms with Gasteiger partial charge in [-0.05, 0) is 58.6 Å². The van der Waals surface area contributed by atoms with Crippen LogP contribution in [0.3, 0.4) is 0 Å². The van der Waals surface area contributed by atoms with Crippen LogP contribution in [0.2, 0.25) is 0 Å². The maximum absolute atomic E-state index is 13.0. The molecule has 0 N–H and O–H groups in total. The highest BCUT2D eigenvalue weighted by Gasteiger charge is 2.29. The molecule has 1 aliphatic carbocycles. The molecular formula is C24H30N4O3. The molecule has 7 heteroatoms. The number of carbonyl (C=O) groups is 2. The first-order chi connectivity index (χ1) is 14.7. The number of pyridine rings is 1. The molecule has 0 unspecified atom stereocenters. The van der Waals surface area contributed by atoms with Gasteiger partial charge in [0.1, 0.15) is 0 Å². The third kappa shape index (κ3) is 3.89. The zero-order valence-corrected chi connectivity index (χ0v) is 19.1. The first-order valence-corrected chi connectivity index (χ1v) is 11.0. The number of hydrogen-bond donors (Lipinski definition) is 0. The fourth-order valence-electron chi connectivity index (χ4n) is 4.12. The Labute approximate surface area is 182 Å². The van der Waals surface area contributed by atoms with Crippen molar-refractivity contribution >= 4 is 22.8 Å². The smallest absolute Gasteiger partial charge is 0.339 e. The third-order valence-electron chi connectivity index (χ3n) is 5.92. The number of fused-ring (bicyclic) bond motifs is 1. The van der Waals surface area contributed by atoms with E-state index in [0.717, 1.165) is 29.9 Å². The lowest BCUT2D eigenvalue weighted by Crippen LogP contribution is -2.16. The van der Waals surface area contributed by atoms with Crippen molar-refractivity contribution in [3.05, 3.63) is 46.5 Å². The highest BCUT2D eigenvalue weighted by molar-refractivity contribution is 6.05. The summed E-state index contributed by atoms with van der Waals surface area (Å²) in [5.41, 5.74) is 4.51. The van der Waals surface area contributed by atoms with Gasteiger partial charge < -0.3 is 9.30 Å². The number of nitrogens with zero attached hydrogens (tertiary/aromatic N) is 4. The van der Waals surface area contributed by atoms with Crippen molar-refractivity contribution < 1.29 is 14.3 Å². The maximum atomic E-state index is 13.0. The van der Waals surface area contributed by atoms with E-state index in [1.165, 1.54) is 0 Å². The molecule has 3 heterocycles. The summed E-state index contributed by atoms with van der Waals surface area (Å²) < 4.78 is 9.49. The van der Waals surface area contributed by atoms with E-state index >= 15 is 0 Å². The lowest BCUT2D eigenvalue weighted by molar-refractivity contribution is 0.0476. The van der Waals surface area contributed by atoms with Gasteiger partial charge in [0.2, 0.25) is 5.78 Å². The second-order valence-electron chi connectivity index (χ2n) is 9.05. The monoisotopic (exact) mass is 422 g/mol. The first-order valence-electron chi connectivity index (χ1n) is 11.0. The average Bonchev–Trinajstić information content (AvgIpc) is 3.37. The molecule has 0 atom stereocenters. The summed E-state index contributed by atoms with van der Waals surface area (Å²) in [6.45, 7) is 11.8. The van der Waals surface area contributed by atoms with Crippen molar-refractivity contribution in [2.45, 2.75) is 72.4 Å². The Morgan fingerprint density at radius 1 is 1.13 bits per heavy atom. The van der Waals surface area contributed by atoms with Crippen LogP contribution in [0.5, 0.6) is 0 Å². The van der Waals surface area contributed by atoms with Gasteiger partial charge >= 0.3 is 5.97 Å². The van der Waals surface area contributed by atoms with Gasteiger partial charge in [0.25, 0.3) is 0 Å². The molecule has 0 saturated heterocycles. The van der Waals surface area contributed by atoms with Gasteiger partial charge in [-0.15, -0.1) is 0 Å². The van der Waals surface area contributed by atoms with E-state index in [1.807, 2.05) is 47.6 Å². The van der Waals surface area contributed by atoms with Crippen molar-refractivity contribution in [2.24, 2.45) is 0 Å². The van der Waals surface area contributed by atoms with Crippen LogP contribution in [-0.4, -0.2) is 37.7 Å². The van der Waals surface area contributed by atoms with Gasteiger partial charge in [-0.25, -0.2) is 14.5 Å². The second-order valence-corrected chi connectivity index (χ2v) is 9.05. The van der Waals surface area contributed by atoms with E-state index < -0.39 is 5.97 Å². The fourth-order valence-corrected chi connectivity index (χ4v) is 4.12. The molecule has 3 aromatic heterocycles. The number of carbonyl (C=O) groups excluding carboxylic acids is 2. The average molecular weight is 423 g/mol. The Morgan fingerprint density at radius 3 is 2.45 bits per heavy atom. The van der Waals surface area contributed by atoms with Crippen molar-refractivity contribution in [2.75, 3.05) is 6.61 Å². The number of Topliss-reactive ketones (excluding diaryl/α,β-unsaturated/α-hetero) is 1. The molecule has 0 amide bonds. The number of esters is 1. The summed E-state index contributed by atoms with van der Waals surface area (Å²) in [5.74, 6) is -0.566. The Hall–Kier alpha value is -2.96. The zero-order chi connectivity index (χ0) is 22.4. The number of ether oxygens (including phenoxy) is 1. The van der Waals surface area contributed by atoms with E-state index in [1.54, 1.807) is 16.9 Å². The Balaban J connectivity index is 1.59. The van der Waals surface area contributed by atoms with Crippen LogP contribution in [0.25, 0.3) is 11.0 Å². The van der Waals surface area contributed by atoms with Crippen molar-refractivity contribution in [3.8, 4) is 0 Å². The van der Waals surface area contributed by atoms with Crippen molar-refractivity contribution in [3.63, 3.8) is 0 Å². The summed E-state index contributed by atoms with van der Waals surface area (Å²) in [7, 11) is 0. The van der Waals surface area contributed by atoms with Crippen LogP contribution in [-0.2, 0) is 4.74 Å². The molecule has 0 bridgehead atoms. The van der Waals surface area contributed by atoms with Crippen LogP contribution in [0.4, 0.5) is 0 Å². The molecule has 4 rings (SSSR count). The summed E-state index contributed by atoms with van der Waals surface area (Å²) >= 11 is 0. The topological polar surface area (TPSA) is 79.0 Å². The van der Waals surface area contributed by atoms with Crippen LogP contribution in [0, 0.1) is 13.8 Å². The normalized spacial score (nSPS) is 14.1. The predicted octanol–water partition coefficient (Wildman–Crippen LogP) is 4.93. The predicted molar refractivity (Wildman–Crippen MR) is 119 cm³/mol. The molecule has 0 radical (unpaired) electrons. The van der Waals surface area contributed by atoms with Gasteiger partial charge in [0, 0.05) is 34.7 Å². The third-order valence-corrected chi connectivity index (χ3v) is 5.92. The lowest BCUT2D eigenvalue weighted by Gasteiger charge is -2.12. The Bertz CT molecular complexity index is 1170. The lowest BCUT2D eigenvalue weighted by atomic mass is 10.1. The van der Waals surface area contributed by atoms with E-state index in [0.29, 0.717) is 28.2 Å². The molecule has 0 spiro atoms. The minimum Gasteiger partial charge on any atom is -0.454 e. The molecular weight excluding hydrogens is 392 g/mol. The molecule has 31 heavy (non-hydrogen) atoms. The standard InChI is InChI=1S/C24H30N4O3/c1-13(2)21-10-19(20-11-25-28(14(3)4)23(20)26-21)24(30)31-12-22(29)18-9-15(5)27(16(18)6)17-7-8-17/h9-11,13-14,17H,7-8,12H2,1-6H3. The molecule has 1 fully saturated rings. The van der Waals surface area contributed by atoms with E-state index in [-0.39, 0.29) is 24.3 Å². The number of hydrogen-bond acceptors (Lipinski definition) is 5. The van der Waals surface area contributed by atoms with Crippen molar-refractivity contribution in [1.29, 1.82) is 0 Å². The van der Waals surface area contributed by atoms with Crippen molar-refractivity contribution in [1.82, 2.24) is 19.3 Å². The molecule has 1 saturated carbocycles. The first kappa shape index (κ1) is 21.3. The molecule has 0 aliphatic heterocycles.